The van der Waals surface area contributed by atoms with Crippen LogP contribution in [0.15, 0.2) is 0 Å². The summed E-state index contributed by atoms with van der Waals surface area (Å²) in [5.41, 5.74) is 15.1. The van der Waals surface area contributed by atoms with Gasteiger partial charge in [0.2, 0.25) is 11.8 Å². The molecule has 0 aliphatic carbocycles. The summed E-state index contributed by atoms with van der Waals surface area (Å²) >= 11 is 0. The summed E-state index contributed by atoms with van der Waals surface area (Å²) in [6.07, 6.45) is 0.221. The molecule has 0 heterocycles. The zero-order valence-electron chi connectivity index (χ0n) is 6.96. The van der Waals surface area contributed by atoms with Gasteiger partial charge < -0.3 is 11.5 Å². The summed E-state index contributed by atoms with van der Waals surface area (Å²) in [7, 11) is 0. The molecule has 0 spiro atoms. The molecule has 0 saturated carbocycles. The molecular weight excluding hydrogens is 160 g/mol. The summed E-state index contributed by atoms with van der Waals surface area (Å²) in [5, 5.41) is 0. The number of hydrogen-bond acceptors (Lipinski definition) is 4. The van der Waals surface area contributed by atoms with Crippen molar-refractivity contribution >= 4 is 11.8 Å². The van der Waals surface area contributed by atoms with Gasteiger partial charge in [-0.25, -0.2) is 5.43 Å². The summed E-state index contributed by atoms with van der Waals surface area (Å²) in [5.74, 6) is -0.849. The average molecular weight is 174 g/mol. The van der Waals surface area contributed by atoms with Crippen LogP contribution in [0, 0.1) is 0 Å². The minimum absolute atomic E-state index is 0.221. The Morgan fingerprint density at radius 3 is 2.42 bits per heavy atom. The van der Waals surface area contributed by atoms with Crippen molar-refractivity contribution in [3.8, 4) is 0 Å². The molecule has 0 rings (SSSR count). The lowest BCUT2D eigenvalue weighted by molar-refractivity contribution is -0.119. The fourth-order valence-electron chi connectivity index (χ4n) is 0.482. The number of carbonyl (C=O) groups is 2. The molecule has 6 nitrogen and oxygen atoms in total. The molecule has 0 fully saturated rings. The van der Waals surface area contributed by atoms with E-state index < -0.39 is 17.9 Å². The quantitative estimate of drug-likeness (QED) is 0.271. The molecule has 0 aromatic rings. The Bertz CT molecular complexity index is 171. The van der Waals surface area contributed by atoms with Gasteiger partial charge in [-0.05, 0) is 6.92 Å². The minimum Gasteiger partial charge on any atom is -0.370 e. The van der Waals surface area contributed by atoms with Crippen molar-refractivity contribution in [2.24, 2.45) is 11.5 Å². The molecule has 0 saturated heterocycles. The van der Waals surface area contributed by atoms with Gasteiger partial charge in [0.15, 0.2) is 0 Å². The minimum atomic E-state index is -0.460. The predicted molar refractivity (Wildman–Crippen MR) is 43.6 cm³/mol. The number of nitrogens with two attached hydrogens (primary N) is 2. The van der Waals surface area contributed by atoms with Gasteiger partial charge in [-0.1, -0.05) is 0 Å². The van der Waals surface area contributed by atoms with E-state index in [9.17, 15) is 9.59 Å². The maximum Gasteiger partial charge on any atom is 0.235 e. The Labute approximate surface area is 70.6 Å². The Morgan fingerprint density at radius 1 is 1.42 bits per heavy atom. The first-order chi connectivity index (χ1) is 5.54. The lowest BCUT2D eigenvalue weighted by atomic mass is 10.3. The van der Waals surface area contributed by atoms with Gasteiger partial charge in [0, 0.05) is 13.0 Å². The molecule has 2 amide bonds. The fraction of sp³-hybridized carbons (Fsp3) is 0.667. The highest BCUT2D eigenvalue weighted by Crippen LogP contribution is 1.75. The number of nitrogens with one attached hydrogen (secondary N) is 2. The maximum absolute atomic E-state index is 10.5. The van der Waals surface area contributed by atoms with Crippen molar-refractivity contribution in [1.82, 2.24) is 10.9 Å². The van der Waals surface area contributed by atoms with E-state index in [1.807, 2.05) is 0 Å². The topological polar surface area (TPSA) is 110 Å². The van der Waals surface area contributed by atoms with E-state index in [1.54, 1.807) is 6.92 Å². The standard InChI is InChI=1S/C6H14N4O2/c1-4(6(8)12)10-9-3-2-5(7)11/h4,9-10H,2-3H2,1H3,(H2,7,11)(H2,8,12)/t4-/m0/s1. The first-order valence-electron chi connectivity index (χ1n) is 3.60. The second-order valence-corrected chi connectivity index (χ2v) is 2.41. The monoisotopic (exact) mass is 174 g/mol. The van der Waals surface area contributed by atoms with Gasteiger partial charge in [-0.3, -0.25) is 15.0 Å². The van der Waals surface area contributed by atoms with Crippen LogP contribution in [-0.2, 0) is 9.59 Å². The Morgan fingerprint density at radius 2 is 2.00 bits per heavy atom. The third kappa shape index (κ3) is 5.63. The van der Waals surface area contributed by atoms with Gasteiger partial charge >= 0.3 is 0 Å². The molecule has 1 atom stereocenters. The van der Waals surface area contributed by atoms with Crippen molar-refractivity contribution in [2.45, 2.75) is 19.4 Å². The second kappa shape index (κ2) is 5.50. The van der Waals surface area contributed by atoms with Gasteiger partial charge in [0.05, 0.1) is 6.04 Å². The van der Waals surface area contributed by atoms with Crippen LogP contribution in [0.2, 0.25) is 0 Å². The summed E-state index contributed by atoms with van der Waals surface area (Å²) < 4.78 is 0. The van der Waals surface area contributed by atoms with Crippen LogP contribution >= 0.6 is 0 Å². The highest BCUT2D eigenvalue weighted by molar-refractivity contribution is 5.79. The SMILES string of the molecule is C[C@H](NNCCC(N)=O)C(N)=O. The van der Waals surface area contributed by atoms with Crippen molar-refractivity contribution < 1.29 is 9.59 Å². The van der Waals surface area contributed by atoms with Crippen LogP contribution in [0.25, 0.3) is 0 Å². The molecule has 0 aliphatic heterocycles. The van der Waals surface area contributed by atoms with E-state index >= 15 is 0 Å². The average Bonchev–Trinajstić information content (AvgIpc) is 1.97. The first-order valence-corrected chi connectivity index (χ1v) is 3.60. The van der Waals surface area contributed by atoms with Gasteiger partial charge in [0.25, 0.3) is 0 Å². The number of hydrogen-bond donors (Lipinski definition) is 4. The van der Waals surface area contributed by atoms with Gasteiger partial charge in [0.1, 0.15) is 0 Å². The van der Waals surface area contributed by atoms with E-state index in [0.717, 1.165) is 0 Å². The normalized spacial score (nSPS) is 12.4. The largest absolute Gasteiger partial charge is 0.370 e. The number of carbonyl (C=O) groups excluding carboxylic acids is 2. The summed E-state index contributed by atoms with van der Waals surface area (Å²) in [4.78, 5) is 20.7. The smallest absolute Gasteiger partial charge is 0.235 e. The molecule has 0 aromatic heterocycles. The summed E-state index contributed by atoms with van der Waals surface area (Å²) in [6.45, 7) is 1.99. The third-order valence-electron chi connectivity index (χ3n) is 1.24. The molecule has 0 radical (unpaired) electrons. The van der Waals surface area contributed by atoms with E-state index in [4.69, 9.17) is 11.5 Å². The number of hydrazine groups is 1. The van der Waals surface area contributed by atoms with Crippen molar-refractivity contribution in [3.63, 3.8) is 0 Å². The number of rotatable bonds is 6. The predicted octanol–water partition coefficient (Wildman–Crippen LogP) is -2.17. The van der Waals surface area contributed by atoms with Gasteiger partial charge in [-0.2, -0.15) is 0 Å². The van der Waals surface area contributed by atoms with Crippen molar-refractivity contribution in [1.29, 1.82) is 0 Å². The molecule has 6 heteroatoms. The summed E-state index contributed by atoms with van der Waals surface area (Å²) in [6, 6.07) is -0.460. The Balaban J connectivity index is 3.31. The Kier molecular flexibility index (Phi) is 4.98. The maximum atomic E-state index is 10.5. The second-order valence-electron chi connectivity index (χ2n) is 2.41. The molecule has 6 N–H and O–H groups in total. The first kappa shape index (κ1) is 10.9. The highest BCUT2D eigenvalue weighted by atomic mass is 16.1. The Hall–Kier alpha value is -1.14. The van der Waals surface area contributed by atoms with Crippen molar-refractivity contribution in [3.05, 3.63) is 0 Å². The molecular formula is C6H14N4O2. The lowest BCUT2D eigenvalue weighted by Crippen LogP contribution is -2.47. The van der Waals surface area contributed by atoms with Crippen LogP contribution in [0.5, 0.6) is 0 Å². The number of primary amides is 2. The zero-order valence-corrected chi connectivity index (χ0v) is 6.96. The molecule has 0 aliphatic rings. The fourth-order valence-corrected chi connectivity index (χ4v) is 0.482. The van der Waals surface area contributed by atoms with E-state index in [-0.39, 0.29) is 6.42 Å². The van der Waals surface area contributed by atoms with Crippen molar-refractivity contribution in [2.75, 3.05) is 6.54 Å². The van der Waals surface area contributed by atoms with Crippen LogP contribution in [-0.4, -0.2) is 24.4 Å². The van der Waals surface area contributed by atoms with E-state index in [2.05, 4.69) is 10.9 Å². The van der Waals surface area contributed by atoms with E-state index in [1.165, 1.54) is 0 Å². The molecule has 0 unspecified atom stereocenters. The molecule has 12 heavy (non-hydrogen) atoms. The van der Waals surface area contributed by atoms with E-state index in [0.29, 0.717) is 6.54 Å². The molecule has 0 aromatic carbocycles. The van der Waals surface area contributed by atoms with Crippen LogP contribution in [0.1, 0.15) is 13.3 Å². The van der Waals surface area contributed by atoms with Crippen LogP contribution in [0.3, 0.4) is 0 Å². The lowest BCUT2D eigenvalue weighted by Gasteiger charge is -2.09. The zero-order chi connectivity index (χ0) is 9.56. The molecule has 70 valence electrons. The number of amides is 2. The third-order valence-corrected chi connectivity index (χ3v) is 1.24. The molecule has 0 bridgehead atoms. The van der Waals surface area contributed by atoms with Gasteiger partial charge in [-0.15, -0.1) is 0 Å². The van der Waals surface area contributed by atoms with Crippen LogP contribution < -0.4 is 22.3 Å². The highest BCUT2D eigenvalue weighted by Gasteiger charge is 2.05. The van der Waals surface area contributed by atoms with Crippen LogP contribution in [0.4, 0.5) is 0 Å².